The molecule has 6 heteroatoms. The van der Waals surface area contributed by atoms with E-state index in [2.05, 4.69) is 4.98 Å². The van der Waals surface area contributed by atoms with E-state index in [-0.39, 0.29) is 36.2 Å². The van der Waals surface area contributed by atoms with Gasteiger partial charge in [0.1, 0.15) is 11.6 Å². The lowest BCUT2D eigenvalue weighted by atomic mass is 9.87. The van der Waals surface area contributed by atoms with Crippen molar-refractivity contribution in [2.45, 2.75) is 37.5 Å². The molecular formula is C28H29F2N3O. The number of H-pyrrole nitrogens is 1. The van der Waals surface area contributed by atoms with E-state index in [1.165, 1.54) is 24.3 Å². The highest BCUT2D eigenvalue weighted by molar-refractivity contribution is 5.75. The number of nitrogens with zero attached hydrogens (tertiary/aromatic N) is 2. The van der Waals surface area contributed by atoms with Gasteiger partial charge < -0.3 is 9.88 Å². The molecule has 0 unspecified atom stereocenters. The first-order valence-electron chi connectivity index (χ1n) is 13.9. The minimum Gasteiger partial charge on any atom is -0.306 e. The van der Waals surface area contributed by atoms with Gasteiger partial charge in [-0.3, -0.25) is 4.57 Å². The first kappa shape index (κ1) is 17.2. The van der Waals surface area contributed by atoms with Gasteiger partial charge in [-0.1, -0.05) is 36.4 Å². The molecule has 1 N–H and O–H groups in total. The van der Waals surface area contributed by atoms with Crippen LogP contribution in [0.15, 0.2) is 77.6 Å². The summed E-state index contributed by atoms with van der Waals surface area (Å²) in [4.78, 5) is 17.1. The average Bonchev–Trinajstić information content (AvgIpc) is 3.22. The van der Waals surface area contributed by atoms with Crippen molar-refractivity contribution in [1.29, 1.82) is 0 Å². The van der Waals surface area contributed by atoms with Crippen LogP contribution in [0.4, 0.5) is 8.78 Å². The minimum absolute atomic E-state index is 0.162. The Hall–Kier alpha value is -3.25. The maximum Gasteiger partial charge on any atom is 0.326 e. The predicted octanol–water partition coefficient (Wildman–Crippen LogP) is 5.86. The normalized spacial score (nSPS) is 21.4. The second-order valence-corrected chi connectivity index (χ2v) is 8.49. The van der Waals surface area contributed by atoms with E-state index >= 15 is 0 Å². The number of para-hydroxylation sites is 2. The molecule has 176 valence electrons. The summed E-state index contributed by atoms with van der Waals surface area (Å²) in [7, 11) is 0. The Labute approximate surface area is 204 Å². The van der Waals surface area contributed by atoms with Crippen LogP contribution >= 0.6 is 0 Å². The molecule has 0 aliphatic carbocycles. The Bertz CT molecular complexity index is 1460. The molecule has 34 heavy (non-hydrogen) atoms. The fourth-order valence-electron chi connectivity index (χ4n) is 4.52. The molecule has 1 aliphatic rings. The Morgan fingerprint density at radius 1 is 0.941 bits per heavy atom. The van der Waals surface area contributed by atoms with Crippen LogP contribution in [-0.2, 0) is 0 Å². The van der Waals surface area contributed by atoms with E-state index in [1.54, 1.807) is 53.4 Å². The number of rotatable bonds is 7. The lowest BCUT2D eigenvalue weighted by Gasteiger charge is -2.32. The molecule has 2 heterocycles. The van der Waals surface area contributed by atoms with Gasteiger partial charge in [0.15, 0.2) is 0 Å². The van der Waals surface area contributed by atoms with Crippen LogP contribution in [0.2, 0.25) is 0 Å². The third-order valence-corrected chi connectivity index (χ3v) is 6.27. The first-order chi connectivity index (χ1) is 18.4. The molecule has 5 rings (SSSR count). The van der Waals surface area contributed by atoms with Crippen molar-refractivity contribution in [3.05, 3.63) is 106 Å². The van der Waals surface area contributed by atoms with Crippen LogP contribution in [0.1, 0.15) is 55.5 Å². The van der Waals surface area contributed by atoms with E-state index in [9.17, 15) is 13.6 Å². The molecule has 4 nitrogen and oxygen atoms in total. The number of benzene rings is 3. The lowest BCUT2D eigenvalue weighted by molar-refractivity contribution is 0.183. The van der Waals surface area contributed by atoms with E-state index in [0.717, 1.165) is 15.7 Å². The van der Waals surface area contributed by atoms with Gasteiger partial charge in [-0.05, 0) is 79.7 Å². The monoisotopic (exact) mass is 466 g/mol. The van der Waals surface area contributed by atoms with Crippen molar-refractivity contribution in [1.82, 2.24) is 14.5 Å². The number of nitrogens with one attached hydrogen (secondary N) is 1. The third kappa shape index (κ3) is 4.82. The second-order valence-electron chi connectivity index (χ2n) is 8.49. The molecule has 0 radical (unpaired) electrons. The summed E-state index contributed by atoms with van der Waals surface area (Å²) in [6.45, 7) is -0.129. The van der Waals surface area contributed by atoms with E-state index < -0.39 is 24.5 Å². The van der Waals surface area contributed by atoms with Gasteiger partial charge >= 0.3 is 5.69 Å². The molecule has 4 aromatic rings. The van der Waals surface area contributed by atoms with Crippen LogP contribution in [0, 0.1) is 11.6 Å². The van der Waals surface area contributed by atoms with Crippen molar-refractivity contribution in [3.8, 4) is 0 Å². The zero-order valence-electron chi connectivity index (χ0n) is 23.6. The molecule has 0 saturated carbocycles. The van der Waals surface area contributed by atoms with Gasteiger partial charge in [0.05, 0.1) is 12.4 Å². The second kappa shape index (κ2) is 9.94. The largest absolute Gasteiger partial charge is 0.326 e. The van der Waals surface area contributed by atoms with Gasteiger partial charge in [0.2, 0.25) is 0 Å². The van der Waals surface area contributed by atoms with E-state index in [0.29, 0.717) is 24.9 Å². The number of hydrogen-bond donors (Lipinski definition) is 1. The van der Waals surface area contributed by atoms with Crippen LogP contribution in [0.3, 0.4) is 0 Å². The van der Waals surface area contributed by atoms with Crippen molar-refractivity contribution in [2.24, 2.45) is 0 Å². The summed E-state index contributed by atoms with van der Waals surface area (Å²) in [6.07, 6.45) is -3.69. The summed E-state index contributed by atoms with van der Waals surface area (Å²) in [5, 5.41) is 0. The summed E-state index contributed by atoms with van der Waals surface area (Å²) < 4.78 is 72.3. The summed E-state index contributed by atoms with van der Waals surface area (Å²) >= 11 is 0. The molecule has 0 atom stereocenters. The zero-order valence-corrected chi connectivity index (χ0v) is 18.6. The number of halogens is 2. The van der Waals surface area contributed by atoms with Crippen LogP contribution in [0.25, 0.3) is 11.0 Å². The van der Waals surface area contributed by atoms with Gasteiger partial charge in [-0.15, -0.1) is 0 Å². The number of likely N-dealkylation sites (tertiary alicyclic amines) is 1. The quantitative estimate of drug-likeness (QED) is 0.371. The van der Waals surface area contributed by atoms with Crippen molar-refractivity contribution in [3.63, 3.8) is 0 Å². The minimum atomic E-state index is -2.50. The molecule has 0 spiro atoms. The Morgan fingerprint density at radius 3 is 2.15 bits per heavy atom. The fourth-order valence-corrected chi connectivity index (χ4v) is 4.52. The van der Waals surface area contributed by atoms with Crippen molar-refractivity contribution < 1.29 is 15.6 Å². The first-order valence-corrected chi connectivity index (χ1v) is 11.4. The highest BCUT2D eigenvalue weighted by Crippen LogP contribution is 2.31. The molecule has 3 aromatic carbocycles. The molecule has 1 fully saturated rings. The molecule has 1 aromatic heterocycles. The van der Waals surface area contributed by atoms with Gasteiger partial charge in [-0.25, -0.2) is 13.6 Å². The van der Waals surface area contributed by atoms with Gasteiger partial charge in [-0.2, -0.15) is 0 Å². The van der Waals surface area contributed by atoms with Crippen LogP contribution < -0.4 is 5.69 Å². The number of hydrogen-bond acceptors (Lipinski definition) is 2. The molecular weight excluding hydrogens is 432 g/mol. The molecule has 1 saturated heterocycles. The number of aromatic nitrogens is 2. The highest BCUT2D eigenvalue weighted by Gasteiger charge is 2.24. The standard InChI is InChI=1S/C28H29F2N3O/c29-22-11-7-20(8-12-22)25(21-9-13-23(30)14-10-21)4-3-17-32-18-15-24(16-19-32)33-27-6-2-1-5-26(27)31-28(33)34/h1-2,5-14,24-25H,3-4,15-19H2,(H,31,34)/i15D2,16D2,24D. The SMILES string of the molecule is [2H]C1([2H])CN(CCCC(c2ccc(F)cc2)c2ccc(F)cc2)CC([2H])([2H])C1([2H])n1c(=O)[nH]c2ccccc21. The summed E-state index contributed by atoms with van der Waals surface area (Å²) in [6, 6.07) is 16.3. The summed E-state index contributed by atoms with van der Waals surface area (Å²) in [5.41, 5.74) is 1.68. The van der Waals surface area contributed by atoms with E-state index in [1.807, 2.05) is 0 Å². The number of piperidine rings is 1. The maximum absolute atomic E-state index is 13.6. The Kier molecular flexibility index (Phi) is 5.03. The summed E-state index contributed by atoms with van der Waals surface area (Å²) in [5.74, 6) is -0.880. The molecule has 1 aliphatic heterocycles. The topological polar surface area (TPSA) is 41.0 Å². The predicted molar refractivity (Wildman–Crippen MR) is 131 cm³/mol. The van der Waals surface area contributed by atoms with Crippen LogP contribution in [0.5, 0.6) is 0 Å². The van der Waals surface area contributed by atoms with Crippen LogP contribution in [-0.4, -0.2) is 34.1 Å². The number of fused-ring (bicyclic) bond motifs is 1. The van der Waals surface area contributed by atoms with Gasteiger partial charge in [0.25, 0.3) is 0 Å². The Balaban J connectivity index is 1.37. The number of imidazole rings is 1. The highest BCUT2D eigenvalue weighted by atomic mass is 19.1. The Morgan fingerprint density at radius 2 is 1.53 bits per heavy atom. The number of aromatic amines is 1. The third-order valence-electron chi connectivity index (χ3n) is 6.27. The average molecular weight is 467 g/mol. The van der Waals surface area contributed by atoms with Crippen molar-refractivity contribution >= 4 is 11.0 Å². The zero-order chi connectivity index (χ0) is 28.0. The fraction of sp³-hybridized carbons (Fsp3) is 0.321. The molecule has 0 bridgehead atoms. The smallest absolute Gasteiger partial charge is 0.306 e. The van der Waals surface area contributed by atoms with E-state index in [4.69, 9.17) is 6.85 Å². The lowest BCUT2D eigenvalue weighted by Crippen LogP contribution is -2.37. The van der Waals surface area contributed by atoms with Gasteiger partial charge in [0, 0.05) is 30.5 Å². The van der Waals surface area contributed by atoms with Crippen molar-refractivity contribution in [2.75, 3.05) is 19.6 Å². The molecule has 0 amide bonds. The maximum atomic E-state index is 13.6.